The normalized spacial score (nSPS) is 11.0. The number of hydrogen-bond donors (Lipinski definition) is 0. The van der Waals surface area contributed by atoms with Crippen LogP contribution in [-0.2, 0) is 0 Å². The van der Waals surface area contributed by atoms with Gasteiger partial charge in [0.2, 0.25) is 0 Å². The molecule has 1 nitrogen and oxygen atoms in total. The van der Waals surface area contributed by atoms with Gasteiger partial charge in [-0.15, -0.1) is 0 Å². The molecule has 20 heavy (non-hydrogen) atoms. The number of carbonyl (C=O) groups excluding carboxylic acids is 1. The average molecular weight is 264 g/mol. The van der Waals surface area contributed by atoms with E-state index in [-0.39, 0.29) is 5.78 Å². The third kappa shape index (κ3) is 3.45. The summed E-state index contributed by atoms with van der Waals surface area (Å²) in [6.45, 7) is 8.16. The van der Waals surface area contributed by atoms with Crippen LogP contribution in [0.4, 0.5) is 0 Å². The molecule has 0 atom stereocenters. The van der Waals surface area contributed by atoms with Crippen molar-refractivity contribution in [3.63, 3.8) is 0 Å². The largest absolute Gasteiger partial charge is 0.289 e. The van der Waals surface area contributed by atoms with Gasteiger partial charge < -0.3 is 0 Å². The van der Waals surface area contributed by atoms with Gasteiger partial charge in [0.15, 0.2) is 5.78 Å². The highest BCUT2D eigenvalue weighted by molar-refractivity contribution is 6.07. The molecule has 0 saturated carbocycles. The van der Waals surface area contributed by atoms with E-state index in [0.29, 0.717) is 0 Å². The van der Waals surface area contributed by atoms with Gasteiger partial charge >= 0.3 is 0 Å². The molecule has 0 aromatic heterocycles. The number of aryl methyl sites for hydroxylation is 4. The van der Waals surface area contributed by atoms with Crippen molar-refractivity contribution in [3.05, 3.63) is 75.9 Å². The fourth-order valence-corrected chi connectivity index (χ4v) is 2.39. The molecule has 2 aromatic rings. The average Bonchev–Trinajstić information content (AvgIpc) is 2.36. The van der Waals surface area contributed by atoms with E-state index in [4.69, 9.17) is 0 Å². The van der Waals surface area contributed by atoms with Crippen molar-refractivity contribution < 1.29 is 4.79 Å². The minimum atomic E-state index is 0.0526. The van der Waals surface area contributed by atoms with Gasteiger partial charge in [0, 0.05) is 5.56 Å². The van der Waals surface area contributed by atoms with Crippen molar-refractivity contribution in [1.29, 1.82) is 0 Å². The molecule has 0 aliphatic carbocycles. The summed E-state index contributed by atoms with van der Waals surface area (Å²) in [5.41, 5.74) is 6.51. The highest BCUT2D eigenvalue weighted by Crippen LogP contribution is 2.14. The standard InChI is InChI=1S/C19H20O/c1-13-5-6-17(16(4)10-13)7-8-19(20)18-11-14(2)9-15(3)12-18/h5-12H,1-4H3/b8-7+. The van der Waals surface area contributed by atoms with E-state index in [2.05, 4.69) is 38.1 Å². The van der Waals surface area contributed by atoms with Crippen molar-refractivity contribution in [2.24, 2.45) is 0 Å². The lowest BCUT2D eigenvalue weighted by Crippen LogP contribution is -1.96. The number of ketones is 1. The van der Waals surface area contributed by atoms with E-state index in [1.54, 1.807) is 6.08 Å². The fraction of sp³-hybridized carbons (Fsp3) is 0.211. The molecule has 0 amide bonds. The zero-order valence-electron chi connectivity index (χ0n) is 12.5. The van der Waals surface area contributed by atoms with Gasteiger partial charge in [-0.3, -0.25) is 4.79 Å². The molecule has 0 aliphatic rings. The van der Waals surface area contributed by atoms with Crippen LogP contribution in [0.25, 0.3) is 6.08 Å². The van der Waals surface area contributed by atoms with Crippen LogP contribution >= 0.6 is 0 Å². The second kappa shape index (κ2) is 5.87. The van der Waals surface area contributed by atoms with E-state index < -0.39 is 0 Å². The van der Waals surface area contributed by atoms with Crippen LogP contribution < -0.4 is 0 Å². The Labute approximate surface area is 121 Å². The maximum atomic E-state index is 12.2. The summed E-state index contributed by atoms with van der Waals surface area (Å²) in [5.74, 6) is 0.0526. The number of carbonyl (C=O) groups is 1. The van der Waals surface area contributed by atoms with Gasteiger partial charge in [-0.1, -0.05) is 47.0 Å². The minimum absolute atomic E-state index is 0.0526. The van der Waals surface area contributed by atoms with Crippen LogP contribution in [0, 0.1) is 27.7 Å². The van der Waals surface area contributed by atoms with E-state index >= 15 is 0 Å². The van der Waals surface area contributed by atoms with E-state index in [0.717, 1.165) is 22.3 Å². The predicted molar refractivity (Wildman–Crippen MR) is 85.2 cm³/mol. The van der Waals surface area contributed by atoms with Crippen LogP contribution in [0.5, 0.6) is 0 Å². The first-order chi connectivity index (χ1) is 9.45. The Bertz CT molecular complexity index is 658. The minimum Gasteiger partial charge on any atom is -0.289 e. The summed E-state index contributed by atoms with van der Waals surface area (Å²) in [7, 11) is 0. The van der Waals surface area contributed by atoms with Gasteiger partial charge in [-0.25, -0.2) is 0 Å². The molecule has 0 heterocycles. The van der Waals surface area contributed by atoms with Crippen LogP contribution in [0.15, 0.2) is 42.5 Å². The van der Waals surface area contributed by atoms with Gasteiger partial charge in [-0.2, -0.15) is 0 Å². The summed E-state index contributed by atoms with van der Waals surface area (Å²) < 4.78 is 0. The highest BCUT2D eigenvalue weighted by Gasteiger charge is 2.03. The monoisotopic (exact) mass is 264 g/mol. The second-order valence-corrected chi connectivity index (χ2v) is 5.43. The first kappa shape index (κ1) is 14.3. The number of allylic oxidation sites excluding steroid dienone is 1. The lowest BCUT2D eigenvalue weighted by atomic mass is 10.0. The quantitative estimate of drug-likeness (QED) is 0.574. The summed E-state index contributed by atoms with van der Waals surface area (Å²) in [5, 5.41) is 0. The topological polar surface area (TPSA) is 17.1 Å². The molecular weight excluding hydrogens is 244 g/mol. The highest BCUT2D eigenvalue weighted by atomic mass is 16.1. The molecule has 2 aromatic carbocycles. The SMILES string of the molecule is Cc1cc(C)cc(C(=O)/C=C/c2ccc(C)cc2C)c1. The zero-order chi connectivity index (χ0) is 14.7. The lowest BCUT2D eigenvalue weighted by Gasteiger charge is -2.03. The molecule has 0 unspecified atom stereocenters. The molecule has 0 saturated heterocycles. The van der Waals surface area contributed by atoms with Gasteiger partial charge in [0.05, 0.1) is 0 Å². The number of hydrogen-bond acceptors (Lipinski definition) is 1. The number of benzene rings is 2. The van der Waals surface area contributed by atoms with E-state index in [1.165, 1.54) is 11.1 Å². The predicted octanol–water partition coefficient (Wildman–Crippen LogP) is 4.82. The Hall–Kier alpha value is -2.15. The Balaban J connectivity index is 2.24. The second-order valence-electron chi connectivity index (χ2n) is 5.43. The molecule has 2 rings (SSSR count). The van der Waals surface area contributed by atoms with E-state index in [1.807, 2.05) is 32.1 Å². The molecule has 0 bridgehead atoms. The van der Waals surface area contributed by atoms with Crippen molar-refractivity contribution in [1.82, 2.24) is 0 Å². The Morgan fingerprint density at radius 1 is 0.850 bits per heavy atom. The molecule has 0 aliphatic heterocycles. The first-order valence-corrected chi connectivity index (χ1v) is 6.83. The fourth-order valence-electron chi connectivity index (χ4n) is 2.39. The van der Waals surface area contributed by atoms with Crippen LogP contribution in [0.3, 0.4) is 0 Å². The summed E-state index contributed by atoms with van der Waals surface area (Å²) in [6, 6.07) is 12.2. The first-order valence-electron chi connectivity index (χ1n) is 6.83. The number of rotatable bonds is 3. The van der Waals surface area contributed by atoms with Crippen molar-refractivity contribution in [2.75, 3.05) is 0 Å². The van der Waals surface area contributed by atoms with Crippen LogP contribution in [0.2, 0.25) is 0 Å². The Morgan fingerprint density at radius 2 is 1.50 bits per heavy atom. The summed E-state index contributed by atoms with van der Waals surface area (Å²) >= 11 is 0. The summed E-state index contributed by atoms with van der Waals surface area (Å²) in [4.78, 5) is 12.2. The van der Waals surface area contributed by atoms with Crippen molar-refractivity contribution in [2.45, 2.75) is 27.7 Å². The molecule has 0 N–H and O–H groups in total. The zero-order valence-corrected chi connectivity index (χ0v) is 12.5. The van der Waals surface area contributed by atoms with Crippen LogP contribution in [-0.4, -0.2) is 5.78 Å². The molecule has 0 radical (unpaired) electrons. The smallest absolute Gasteiger partial charge is 0.185 e. The Kier molecular flexibility index (Phi) is 4.19. The molecule has 0 spiro atoms. The van der Waals surface area contributed by atoms with Crippen molar-refractivity contribution >= 4 is 11.9 Å². The van der Waals surface area contributed by atoms with Crippen LogP contribution in [0.1, 0.15) is 38.2 Å². The van der Waals surface area contributed by atoms with Gasteiger partial charge in [0.1, 0.15) is 0 Å². The lowest BCUT2D eigenvalue weighted by molar-refractivity contribution is 0.104. The molecule has 0 fully saturated rings. The van der Waals surface area contributed by atoms with E-state index in [9.17, 15) is 4.79 Å². The van der Waals surface area contributed by atoms with Gasteiger partial charge in [-0.05, 0) is 57.0 Å². The molecule has 102 valence electrons. The summed E-state index contributed by atoms with van der Waals surface area (Å²) in [6.07, 6.45) is 3.56. The third-order valence-electron chi connectivity index (χ3n) is 3.35. The molecular formula is C19H20O. The maximum absolute atomic E-state index is 12.2. The Morgan fingerprint density at radius 3 is 2.10 bits per heavy atom. The third-order valence-corrected chi connectivity index (χ3v) is 3.35. The van der Waals surface area contributed by atoms with Gasteiger partial charge in [0.25, 0.3) is 0 Å². The maximum Gasteiger partial charge on any atom is 0.185 e. The molecule has 1 heteroatoms. The van der Waals surface area contributed by atoms with Crippen molar-refractivity contribution in [3.8, 4) is 0 Å².